The highest BCUT2D eigenvalue weighted by atomic mass is 16.5. The molecule has 0 saturated heterocycles. The highest BCUT2D eigenvalue weighted by Gasteiger charge is 2.30. The molecule has 5 N–H and O–H groups in total. The quantitative estimate of drug-likeness (QED) is 0.197. The second-order valence-electron chi connectivity index (χ2n) is 7.95. The van der Waals surface area contributed by atoms with Crippen LogP contribution in [0.4, 0.5) is 0 Å². The van der Waals surface area contributed by atoms with Gasteiger partial charge in [-0.2, -0.15) is 0 Å². The number of aromatic hydroxyl groups is 5. The van der Waals surface area contributed by atoms with Crippen molar-refractivity contribution in [2.45, 2.75) is 12.3 Å². The van der Waals surface area contributed by atoms with Crippen LogP contribution in [0.5, 0.6) is 34.5 Å². The normalized spacial score (nSPS) is 11.8. The molecule has 4 aromatic rings. The van der Waals surface area contributed by atoms with Crippen LogP contribution in [0.25, 0.3) is 22.3 Å². The van der Waals surface area contributed by atoms with Gasteiger partial charge in [0.25, 0.3) is 0 Å². The molecule has 3 aromatic carbocycles. The number of benzene rings is 3. The van der Waals surface area contributed by atoms with Gasteiger partial charge in [0.15, 0.2) is 17.3 Å². The minimum absolute atomic E-state index is 0.0142. The zero-order valence-electron chi connectivity index (χ0n) is 19.2. The van der Waals surface area contributed by atoms with Crippen LogP contribution in [0.3, 0.4) is 0 Å². The summed E-state index contributed by atoms with van der Waals surface area (Å²) in [6.45, 7) is 0. The number of esters is 1. The molecule has 10 heteroatoms. The summed E-state index contributed by atoms with van der Waals surface area (Å²) in [5, 5.41) is 51.0. The summed E-state index contributed by atoms with van der Waals surface area (Å²) in [4.78, 5) is 25.4. The molecular weight excluding hydrogens is 472 g/mol. The van der Waals surface area contributed by atoms with E-state index >= 15 is 0 Å². The molecule has 0 unspecified atom stereocenters. The Morgan fingerprint density at radius 3 is 2.19 bits per heavy atom. The molecule has 4 rings (SSSR count). The summed E-state index contributed by atoms with van der Waals surface area (Å²) >= 11 is 0. The van der Waals surface area contributed by atoms with Crippen molar-refractivity contribution < 1.29 is 44.2 Å². The molecule has 0 aliphatic rings. The van der Waals surface area contributed by atoms with Crippen LogP contribution in [0.1, 0.15) is 23.5 Å². The van der Waals surface area contributed by atoms with Crippen molar-refractivity contribution in [3.8, 4) is 45.8 Å². The number of fused-ring (bicyclic) bond motifs is 1. The molecule has 1 aromatic heterocycles. The Balaban J connectivity index is 2.06. The van der Waals surface area contributed by atoms with Crippen LogP contribution in [-0.2, 0) is 9.53 Å². The van der Waals surface area contributed by atoms with E-state index in [0.717, 1.165) is 18.2 Å². The van der Waals surface area contributed by atoms with Crippen molar-refractivity contribution in [1.82, 2.24) is 0 Å². The van der Waals surface area contributed by atoms with Crippen LogP contribution >= 0.6 is 0 Å². The molecule has 0 amide bonds. The molecule has 36 heavy (non-hydrogen) atoms. The van der Waals surface area contributed by atoms with E-state index in [2.05, 4.69) is 0 Å². The molecule has 0 spiro atoms. The molecule has 0 fully saturated rings. The molecule has 186 valence electrons. The molecule has 0 aliphatic heterocycles. The fourth-order valence-electron chi connectivity index (χ4n) is 4.01. The van der Waals surface area contributed by atoms with Crippen LogP contribution in [0.2, 0.25) is 0 Å². The Kier molecular flexibility index (Phi) is 6.35. The molecule has 1 heterocycles. The molecular formula is C26H22O10. The van der Waals surface area contributed by atoms with Gasteiger partial charge in [0.05, 0.1) is 20.6 Å². The molecule has 0 radical (unpaired) electrons. The molecule has 0 bridgehead atoms. The van der Waals surface area contributed by atoms with Crippen molar-refractivity contribution in [1.29, 1.82) is 0 Å². The zero-order valence-corrected chi connectivity index (χ0v) is 19.2. The van der Waals surface area contributed by atoms with Gasteiger partial charge < -0.3 is 39.4 Å². The first-order chi connectivity index (χ1) is 17.2. The lowest BCUT2D eigenvalue weighted by Gasteiger charge is -2.20. The first-order valence-corrected chi connectivity index (χ1v) is 10.6. The number of hydrogen-bond acceptors (Lipinski definition) is 10. The second-order valence-corrected chi connectivity index (χ2v) is 7.95. The average molecular weight is 494 g/mol. The summed E-state index contributed by atoms with van der Waals surface area (Å²) in [5.74, 6) is -4.33. The van der Waals surface area contributed by atoms with Crippen LogP contribution in [0, 0.1) is 0 Å². The Hall–Kier alpha value is -4.86. The van der Waals surface area contributed by atoms with Crippen molar-refractivity contribution in [3.63, 3.8) is 0 Å². The van der Waals surface area contributed by atoms with Gasteiger partial charge in [-0.15, -0.1) is 0 Å². The number of methoxy groups -OCH3 is 2. The van der Waals surface area contributed by atoms with E-state index in [1.54, 1.807) is 24.3 Å². The fraction of sp³-hybridized carbons (Fsp3) is 0.154. The summed E-state index contributed by atoms with van der Waals surface area (Å²) < 4.78 is 15.9. The minimum atomic E-state index is -1.01. The lowest BCUT2D eigenvalue weighted by atomic mass is 9.86. The topological polar surface area (TPSA) is 167 Å². The van der Waals surface area contributed by atoms with Crippen molar-refractivity contribution >= 4 is 16.9 Å². The molecule has 0 saturated carbocycles. The van der Waals surface area contributed by atoms with Gasteiger partial charge in [-0.3, -0.25) is 9.59 Å². The Bertz CT molecular complexity index is 1520. The number of carbonyl (C=O) groups is 1. The first kappa shape index (κ1) is 24.3. The number of phenols is 4. The van der Waals surface area contributed by atoms with E-state index in [4.69, 9.17) is 13.9 Å². The van der Waals surface area contributed by atoms with E-state index in [9.17, 15) is 35.1 Å². The van der Waals surface area contributed by atoms with E-state index in [1.165, 1.54) is 20.3 Å². The van der Waals surface area contributed by atoms with Crippen molar-refractivity contribution in [2.24, 2.45) is 0 Å². The maximum Gasteiger partial charge on any atom is 0.306 e. The Labute approximate surface area is 203 Å². The lowest BCUT2D eigenvalue weighted by molar-refractivity contribution is -0.140. The van der Waals surface area contributed by atoms with Gasteiger partial charge in [-0.05, 0) is 35.9 Å². The third-order valence-electron chi connectivity index (χ3n) is 5.84. The summed E-state index contributed by atoms with van der Waals surface area (Å²) in [7, 11) is 2.69. The largest absolute Gasteiger partial charge is 0.507 e. The van der Waals surface area contributed by atoms with Gasteiger partial charge in [-0.25, -0.2) is 0 Å². The number of hydrogen-bond donors (Lipinski definition) is 5. The highest BCUT2D eigenvalue weighted by molar-refractivity contribution is 5.92. The lowest BCUT2D eigenvalue weighted by Crippen LogP contribution is -2.12. The number of phenolic OH excluding ortho intramolecular Hbond substituents is 4. The molecule has 1 atom stereocenters. The average Bonchev–Trinajstić information content (AvgIpc) is 2.86. The van der Waals surface area contributed by atoms with Crippen LogP contribution in [0.15, 0.2) is 57.7 Å². The standard InChI is InChI=1S/C26H22O10/c1-34-14-6-3-12(4-7-14)15(10-20(31)35-2)21-18(29)11-19(30)22-23(32)24(33)25(36-26(21)22)13-5-8-16(27)17(28)9-13/h3-9,11,15,27-30,33H,10H2,1-2H3/t15-/m1/s1. The van der Waals surface area contributed by atoms with E-state index in [1.807, 2.05) is 0 Å². The SMILES string of the molecule is COC(=O)C[C@H](c1ccc(OC)cc1)c1c(O)cc(O)c2c(=O)c(O)c(-c3ccc(O)c(O)c3)oc12. The first-order valence-electron chi connectivity index (χ1n) is 10.6. The zero-order chi connectivity index (χ0) is 26.1. The number of ether oxygens (including phenoxy) is 2. The molecule has 0 aliphatic carbocycles. The van der Waals surface area contributed by atoms with Crippen LogP contribution in [-0.4, -0.2) is 45.7 Å². The highest BCUT2D eigenvalue weighted by Crippen LogP contribution is 2.45. The van der Waals surface area contributed by atoms with Gasteiger partial charge in [-0.1, -0.05) is 12.1 Å². The van der Waals surface area contributed by atoms with Gasteiger partial charge >= 0.3 is 5.97 Å². The van der Waals surface area contributed by atoms with Gasteiger partial charge in [0.1, 0.15) is 28.2 Å². The summed E-state index contributed by atoms with van der Waals surface area (Å²) in [6, 6.07) is 11.0. The maximum absolute atomic E-state index is 13.1. The van der Waals surface area contributed by atoms with Gasteiger partial charge in [0, 0.05) is 23.1 Å². The number of rotatable bonds is 6. The minimum Gasteiger partial charge on any atom is -0.507 e. The number of carbonyl (C=O) groups excluding carboxylic acids is 1. The maximum atomic E-state index is 13.1. The smallest absolute Gasteiger partial charge is 0.306 e. The second kappa shape index (κ2) is 9.41. The van der Waals surface area contributed by atoms with Crippen molar-refractivity contribution in [2.75, 3.05) is 14.2 Å². The third kappa shape index (κ3) is 4.20. The third-order valence-corrected chi connectivity index (χ3v) is 5.84. The van der Waals surface area contributed by atoms with E-state index in [-0.39, 0.29) is 28.9 Å². The Morgan fingerprint density at radius 2 is 1.58 bits per heavy atom. The summed E-state index contributed by atoms with van der Waals surface area (Å²) in [5.41, 5.74) is -0.751. The summed E-state index contributed by atoms with van der Waals surface area (Å²) in [6.07, 6.45) is -0.268. The van der Waals surface area contributed by atoms with E-state index < -0.39 is 51.4 Å². The van der Waals surface area contributed by atoms with Gasteiger partial charge in [0.2, 0.25) is 11.2 Å². The van der Waals surface area contributed by atoms with Crippen LogP contribution < -0.4 is 10.2 Å². The Morgan fingerprint density at radius 1 is 0.889 bits per heavy atom. The fourth-order valence-corrected chi connectivity index (χ4v) is 4.01. The predicted octanol–water partition coefficient (Wildman–Crippen LogP) is 3.69. The predicted molar refractivity (Wildman–Crippen MR) is 128 cm³/mol. The van der Waals surface area contributed by atoms with Crippen molar-refractivity contribution in [3.05, 3.63) is 69.9 Å². The monoisotopic (exact) mass is 494 g/mol. The van der Waals surface area contributed by atoms with E-state index in [0.29, 0.717) is 11.3 Å². The molecule has 10 nitrogen and oxygen atoms in total.